The molecule has 1 N–H and O–H groups in total. The highest BCUT2D eigenvalue weighted by atomic mass is 16.4. The number of nitrogens with zero attached hydrogens (tertiary/aromatic N) is 2. The van der Waals surface area contributed by atoms with Crippen LogP contribution < -0.4 is 0 Å². The van der Waals surface area contributed by atoms with Gasteiger partial charge in [-0.2, -0.15) is 0 Å². The van der Waals surface area contributed by atoms with Crippen LogP contribution in [0.1, 0.15) is 26.2 Å². The Balaban J connectivity index is 2.21. The van der Waals surface area contributed by atoms with Crippen LogP contribution in [-0.4, -0.2) is 35.5 Å². The van der Waals surface area contributed by atoms with Gasteiger partial charge in [0.05, 0.1) is 5.71 Å². The van der Waals surface area contributed by atoms with Crippen molar-refractivity contribution in [3.05, 3.63) is 0 Å². The van der Waals surface area contributed by atoms with Gasteiger partial charge in [-0.1, -0.05) is 12.1 Å². The Kier molecular flexibility index (Phi) is 2.28. The van der Waals surface area contributed by atoms with Gasteiger partial charge in [0.1, 0.15) is 0 Å². The number of oxime groups is 1. The smallest absolute Gasteiger partial charge is 0.0589 e. The van der Waals surface area contributed by atoms with Gasteiger partial charge >= 0.3 is 0 Å². The first kappa shape index (κ1) is 9.00. The van der Waals surface area contributed by atoms with Crippen molar-refractivity contribution in [2.45, 2.75) is 32.2 Å². The largest absolute Gasteiger partial charge is 0.411 e. The second-order valence-electron chi connectivity index (χ2n) is 4.66. The SMILES string of the molecule is C[C@H]1C[C@H]2CC(=NO)C[C@H]1N(C)C2. The molecule has 1 aliphatic carbocycles. The molecular formula is C10H18N2O. The molecule has 0 aromatic heterocycles. The van der Waals surface area contributed by atoms with Crippen LogP contribution in [0.25, 0.3) is 0 Å². The van der Waals surface area contributed by atoms with Crippen molar-refractivity contribution in [2.75, 3.05) is 13.6 Å². The Labute approximate surface area is 79.4 Å². The quantitative estimate of drug-likeness (QED) is 0.456. The monoisotopic (exact) mass is 182 g/mol. The molecule has 0 unspecified atom stereocenters. The van der Waals surface area contributed by atoms with E-state index in [0.29, 0.717) is 12.0 Å². The number of hydrogen-bond donors (Lipinski definition) is 1. The summed E-state index contributed by atoms with van der Waals surface area (Å²) in [5.74, 6) is 1.47. The van der Waals surface area contributed by atoms with Gasteiger partial charge in [-0.25, -0.2) is 0 Å². The normalized spacial score (nSPS) is 43.8. The minimum absolute atomic E-state index is 0.602. The van der Waals surface area contributed by atoms with E-state index < -0.39 is 0 Å². The zero-order valence-corrected chi connectivity index (χ0v) is 8.40. The van der Waals surface area contributed by atoms with Crippen LogP contribution in [0.2, 0.25) is 0 Å². The van der Waals surface area contributed by atoms with Crippen molar-refractivity contribution in [3.63, 3.8) is 0 Å². The lowest BCUT2D eigenvalue weighted by Crippen LogP contribution is -2.43. The predicted molar refractivity (Wildman–Crippen MR) is 52.1 cm³/mol. The van der Waals surface area contributed by atoms with Crippen LogP contribution in [-0.2, 0) is 0 Å². The van der Waals surface area contributed by atoms with Crippen LogP contribution in [0.4, 0.5) is 0 Å². The van der Waals surface area contributed by atoms with Crippen molar-refractivity contribution in [2.24, 2.45) is 17.0 Å². The van der Waals surface area contributed by atoms with Gasteiger partial charge in [-0.15, -0.1) is 0 Å². The van der Waals surface area contributed by atoms with E-state index in [2.05, 4.69) is 24.0 Å². The van der Waals surface area contributed by atoms with Crippen LogP contribution >= 0.6 is 0 Å². The van der Waals surface area contributed by atoms with E-state index in [1.54, 1.807) is 0 Å². The van der Waals surface area contributed by atoms with E-state index in [1.165, 1.54) is 13.0 Å². The Morgan fingerprint density at radius 3 is 2.85 bits per heavy atom. The molecule has 0 radical (unpaired) electrons. The Hall–Kier alpha value is -0.570. The zero-order chi connectivity index (χ0) is 9.42. The Morgan fingerprint density at radius 1 is 1.46 bits per heavy atom. The first-order chi connectivity index (χ1) is 6.20. The van der Waals surface area contributed by atoms with Gasteiger partial charge in [0, 0.05) is 19.0 Å². The van der Waals surface area contributed by atoms with Crippen molar-refractivity contribution >= 4 is 5.71 Å². The molecule has 3 heteroatoms. The van der Waals surface area contributed by atoms with E-state index in [1.807, 2.05) is 0 Å². The predicted octanol–water partition coefficient (Wildman–Crippen LogP) is 1.57. The average Bonchev–Trinajstić information content (AvgIpc) is 2.32. The molecule has 2 heterocycles. The van der Waals surface area contributed by atoms with Crippen molar-refractivity contribution < 1.29 is 5.21 Å². The molecule has 13 heavy (non-hydrogen) atoms. The molecule has 2 bridgehead atoms. The highest BCUT2D eigenvalue weighted by Crippen LogP contribution is 2.34. The molecule has 0 aromatic rings. The third-order valence-corrected chi connectivity index (χ3v) is 3.58. The van der Waals surface area contributed by atoms with Gasteiger partial charge in [-0.3, -0.25) is 0 Å². The summed E-state index contributed by atoms with van der Waals surface area (Å²) < 4.78 is 0. The fraction of sp³-hybridized carbons (Fsp3) is 0.900. The molecule has 3 nitrogen and oxygen atoms in total. The maximum absolute atomic E-state index is 8.82. The van der Waals surface area contributed by atoms with Crippen molar-refractivity contribution in [1.82, 2.24) is 4.90 Å². The fourth-order valence-electron chi connectivity index (χ4n) is 2.98. The highest BCUT2D eigenvalue weighted by Gasteiger charge is 2.36. The molecule has 3 atom stereocenters. The van der Waals surface area contributed by atoms with Crippen LogP contribution in [0.3, 0.4) is 0 Å². The summed E-state index contributed by atoms with van der Waals surface area (Å²) in [6.45, 7) is 3.49. The average molecular weight is 182 g/mol. The summed E-state index contributed by atoms with van der Waals surface area (Å²) in [6.07, 6.45) is 3.26. The van der Waals surface area contributed by atoms with Gasteiger partial charge in [0.25, 0.3) is 0 Å². The maximum atomic E-state index is 8.82. The molecule has 0 spiro atoms. The number of fused-ring (bicyclic) bond motifs is 4. The second-order valence-corrected chi connectivity index (χ2v) is 4.66. The van der Waals surface area contributed by atoms with Gasteiger partial charge in [-0.05, 0) is 31.7 Å². The summed E-state index contributed by atoms with van der Waals surface area (Å²) in [6, 6.07) is 0.602. The second kappa shape index (κ2) is 3.29. The van der Waals surface area contributed by atoms with E-state index in [4.69, 9.17) is 5.21 Å². The standard InChI is InChI=1S/C10H18N2O/c1-7-3-8-4-9(11-13)5-10(7)12(2)6-8/h7-8,10,13H,3-6H2,1-2H3/t7-,8-,10+/m0/s1. The van der Waals surface area contributed by atoms with Crippen LogP contribution in [0.5, 0.6) is 0 Å². The molecular weight excluding hydrogens is 164 g/mol. The van der Waals surface area contributed by atoms with Gasteiger partial charge in [0.2, 0.25) is 0 Å². The first-order valence-electron chi connectivity index (χ1n) is 5.10. The molecule has 0 aromatic carbocycles. The highest BCUT2D eigenvalue weighted by molar-refractivity contribution is 5.85. The molecule has 0 amide bonds. The fourth-order valence-corrected chi connectivity index (χ4v) is 2.98. The van der Waals surface area contributed by atoms with E-state index in [0.717, 1.165) is 24.5 Å². The summed E-state index contributed by atoms with van der Waals surface area (Å²) in [5, 5.41) is 12.2. The van der Waals surface area contributed by atoms with E-state index in [9.17, 15) is 0 Å². The Morgan fingerprint density at radius 2 is 2.23 bits per heavy atom. The summed E-state index contributed by atoms with van der Waals surface area (Å²) >= 11 is 0. The van der Waals surface area contributed by atoms with Gasteiger partial charge < -0.3 is 10.1 Å². The molecule has 3 rings (SSSR count). The van der Waals surface area contributed by atoms with E-state index in [-0.39, 0.29) is 0 Å². The molecule has 1 saturated carbocycles. The molecule has 2 saturated heterocycles. The molecule has 3 aliphatic rings. The lowest BCUT2D eigenvalue weighted by molar-refractivity contribution is 0.106. The lowest BCUT2D eigenvalue weighted by Gasteiger charge is -2.38. The minimum Gasteiger partial charge on any atom is -0.411 e. The first-order valence-corrected chi connectivity index (χ1v) is 5.10. The third kappa shape index (κ3) is 1.57. The molecule has 74 valence electrons. The minimum atomic E-state index is 0.602. The molecule has 2 aliphatic heterocycles. The van der Waals surface area contributed by atoms with Crippen molar-refractivity contribution in [1.29, 1.82) is 0 Å². The third-order valence-electron chi connectivity index (χ3n) is 3.58. The number of hydrogen-bond acceptors (Lipinski definition) is 3. The van der Waals surface area contributed by atoms with E-state index >= 15 is 0 Å². The van der Waals surface area contributed by atoms with Gasteiger partial charge in [0.15, 0.2) is 0 Å². The summed E-state index contributed by atoms with van der Waals surface area (Å²) in [7, 11) is 2.19. The number of rotatable bonds is 0. The maximum Gasteiger partial charge on any atom is 0.0589 e. The number of piperidine rings is 1. The summed E-state index contributed by atoms with van der Waals surface area (Å²) in [5.41, 5.74) is 1.00. The van der Waals surface area contributed by atoms with Crippen LogP contribution in [0.15, 0.2) is 5.16 Å². The van der Waals surface area contributed by atoms with Crippen LogP contribution in [0, 0.1) is 11.8 Å². The zero-order valence-electron chi connectivity index (χ0n) is 8.40. The topological polar surface area (TPSA) is 35.8 Å². The van der Waals surface area contributed by atoms with Crippen molar-refractivity contribution in [3.8, 4) is 0 Å². The molecule has 3 fully saturated rings. The summed E-state index contributed by atoms with van der Waals surface area (Å²) in [4.78, 5) is 2.43. The lowest BCUT2D eigenvalue weighted by atomic mass is 9.86. The Bertz CT molecular complexity index is 215.